The van der Waals surface area contributed by atoms with Gasteiger partial charge in [-0.15, -0.1) is 0 Å². The molecule has 0 bridgehead atoms. The molecule has 1 saturated heterocycles. The molecule has 1 aliphatic heterocycles. The van der Waals surface area contributed by atoms with Gasteiger partial charge < -0.3 is 10.2 Å². The van der Waals surface area contributed by atoms with Gasteiger partial charge in [-0.2, -0.15) is 4.98 Å². The lowest BCUT2D eigenvalue weighted by Gasteiger charge is -2.35. The van der Waals surface area contributed by atoms with Crippen LogP contribution in [0.2, 0.25) is 0 Å². The second-order valence-corrected chi connectivity index (χ2v) is 5.54. The van der Waals surface area contributed by atoms with E-state index in [0.29, 0.717) is 5.95 Å². The van der Waals surface area contributed by atoms with Crippen molar-refractivity contribution in [3.8, 4) is 0 Å². The van der Waals surface area contributed by atoms with Crippen LogP contribution in [0.5, 0.6) is 0 Å². The van der Waals surface area contributed by atoms with E-state index >= 15 is 0 Å². The topological polar surface area (TPSA) is 57.2 Å². The number of pyridine rings is 1. The molecule has 2 aromatic rings. The molecule has 3 heterocycles. The first-order valence-electron chi connectivity index (χ1n) is 7.88. The van der Waals surface area contributed by atoms with E-state index in [1.165, 1.54) is 6.20 Å². The van der Waals surface area contributed by atoms with Gasteiger partial charge in [-0.1, -0.05) is 0 Å². The van der Waals surface area contributed by atoms with E-state index in [-0.39, 0.29) is 5.82 Å². The fourth-order valence-electron chi connectivity index (χ4n) is 2.70. The van der Waals surface area contributed by atoms with Crippen molar-refractivity contribution < 1.29 is 4.39 Å². The van der Waals surface area contributed by atoms with Crippen molar-refractivity contribution in [3.05, 3.63) is 42.1 Å². The largest absolute Gasteiger partial charge is 0.354 e. The number of rotatable bonds is 5. The highest BCUT2D eigenvalue weighted by atomic mass is 19.1. The molecule has 0 aliphatic carbocycles. The average molecular weight is 316 g/mol. The van der Waals surface area contributed by atoms with Gasteiger partial charge in [0.15, 0.2) is 0 Å². The number of halogens is 1. The van der Waals surface area contributed by atoms with Gasteiger partial charge in [0.25, 0.3) is 0 Å². The van der Waals surface area contributed by atoms with Gasteiger partial charge in [0.05, 0.1) is 6.20 Å². The molecule has 0 unspecified atom stereocenters. The summed E-state index contributed by atoms with van der Waals surface area (Å²) >= 11 is 0. The first kappa shape index (κ1) is 15.6. The lowest BCUT2D eigenvalue weighted by Crippen LogP contribution is -2.46. The highest BCUT2D eigenvalue weighted by molar-refractivity contribution is 5.42. The Bertz CT molecular complexity index is 642. The Morgan fingerprint density at radius 2 is 2.04 bits per heavy atom. The lowest BCUT2D eigenvalue weighted by atomic mass is 10.2. The van der Waals surface area contributed by atoms with E-state index in [9.17, 15) is 4.39 Å². The summed E-state index contributed by atoms with van der Waals surface area (Å²) in [6.45, 7) is 7.17. The summed E-state index contributed by atoms with van der Waals surface area (Å²) in [6.07, 6.45) is 4.74. The molecule has 122 valence electrons. The summed E-state index contributed by atoms with van der Waals surface area (Å²) in [5.41, 5.74) is 0.912. The number of nitrogens with zero attached hydrogens (tertiary/aromatic N) is 5. The Labute approximate surface area is 135 Å². The van der Waals surface area contributed by atoms with Gasteiger partial charge in [0, 0.05) is 51.7 Å². The third kappa shape index (κ3) is 4.13. The van der Waals surface area contributed by atoms with Gasteiger partial charge in [0.1, 0.15) is 11.6 Å². The molecular formula is C16H21FN6. The van der Waals surface area contributed by atoms with Crippen LogP contribution in [0.15, 0.2) is 30.7 Å². The quantitative estimate of drug-likeness (QED) is 0.907. The van der Waals surface area contributed by atoms with Crippen molar-refractivity contribution in [1.29, 1.82) is 0 Å². The molecule has 7 heteroatoms. The maximum atomic E-state index is 13.2. The standard InChI is InChI=1S/C16H21FN6/c1-2-19-16-20-4-3-15(21-16)23-7-5-22(6-8-23)12-13-9-14(17)11-18-10-13/h3-4,9-11H,2,5-8,12H2,1H3,(H,19,20,21). The molecule has 6 nitrogen and oxygen atoms in total. The van der Waals surface area contributed by atoms with Gasteiger partial charge in [-0.25, -0.2) is 9.37 Å². The van der Waals surface area contributed by atoms with Crippen LogP contribution < -0.4 is 10.2 Å². The zero-order chi connectivity index (χ0) is 16.1. The monoisotopic (exact) mass is 316 g/mol. The normalized spacial score (nSPS) is 15.7. The predicted molar refractivity (Wildman–Crippen MR) is 87.9 cm³/mol. The first-order valence-corrected chi connectivity index (χ1v) is 7.88. The van der Waals surface area contributed by atoms with Gasteiger partial charge >= 0.3 is 0 Å². The van der Waals surface area contributed by atoms with Crippen LogP contribution in [-0.4, -0.2) is 52.6 Å². The van der Waals surface area contributed by atoms with Crippen molar-refractivity contribution in [2.24, 2.45) is 0 Å². The number of hydrogen-bond acceptors (Lipinski definition) is 6. The summed E-state index contributed by atoms with van der Waals surface area (Å²) in [5.74, 6) is 1.33. The van der Waals surface area contributed by atoms with Crippen molar-refractivity contribution >= 4 is 11.8 Å². The predicted octanol–water partition coefficient (Wildman–Crippen LogP) is 1.76. The Morgan fingerprint density at radius 3 is 2.78 bits per heavy atom. The Morgan fingerprint density at radius 1 is 1.22 bits per heavy atom. The fourth-order valence-corrected chi connectivity index (χ4v) is 2.70. The van der Waals surface area contributed by atoms with Crippen LogP contribution in [0.1, 0.15) is 12.5 Å². The number of anilines is 2. The molecule has 1 fully saturated rings. The fraction of sp³-hybridized carbons (Fsp3) is 0.438. The molecule has 23 heavy (non-hydrogen) atoms. The molecular weight excluding hydrogens is 295 g/mol. The molecule has 0 saturated carbocycles. The van der Waals surface area contributed by atoms with E-state index in [4.69, 9.17) is 0 Å². The van der Waals surface area contributed by atoms with E-state index in [0.717, 1.165) is 50.6 Å². The second-order valence-electron chi connectivity index (χ2n) is 5.54. The molecule has 1 aliphatic rings. The number of piperazine rings is 1. The molecule has 0 atom stereocenters. The van der Waals surface area contributed by atoms with Crippen LogP contribution >= 0.6 is 0 Å². The van der Waals surface area contributed by atoms with Crippen molar-refractivity contribution in [2.75, 3.05) is 42.9 Å². The summed E-state index contributed by atoms with van der Waals surface area (Å²) in [7, 11) is 0. The Balaban J connectivity index is 1.57. The molecule has 0 spiro atoms. The first-order chi connectivity index (χ1) is 11.2. The van der Waals surface area contributed by atoms with Gasteiger partial charge in [-0.3, -0.25) is 9.88 Å². The van der Waals surface area contributed by atoms with Gasteiger partial charge in [-0.05, 0) is 24.6 Å². The average Bonchev–Trinajstić information content (AvgIpc) is 2.56. The van der Waals surface area contributed by atoms with Crippen LogP contribution in [0.3, 0.4) is 0 Å². The maximum absolute atomic E-state index is 13.2. The van der Waals surface area contributed by atoms with Crippen LogP contribution in [-0.2, 0) is 6.54 Å². The van der Waals surface area contributed by atoms with Crippen LogP contribution in [0.4, 0.5) is 16.2 Å². The van der Waals surface area contributed by atoms with Crippen molar-refractivity contribution in [2.45, 2.75) is 13.5 Å². The highest BCUT2D eigenvalue weighted by Crippen LogP contribution is 2.16. The van der Waals surface area contributed by atoms with Crippen molar-refractivity contribution in [1.82, 2.24) is 19.9 Å². The van der Waals surface area contributed by atoms with Crippen LogP contribution in [0.25, 0.3) is 0 Å². The summed E-state index contributed by atoms with van der Waals surface area (Å²) in [6, 6.07) is 3.49. The zero-order valence-corrected chi connectivity index (χ0v) is 13.2. The smallest absolute Gasteiger partial charge is 0.224 e. The minimum Gasteiger partial charge on any atom is -0.354 e. The van der Waals surface area contributed by atoms with E-state index in [1.54, 1.807) is 18.5 Å². The van der Waals surface area contributed by atoms with Gasteiger partial charge in [0.2, 0.25) is 5.95 Å². The Hall–Kier alpha value is -2.28. The Kier molecular flexibility index (Phi) is 4.97. The summed E-state index contributed by atoms with van der Waals surface area (Å²) in [5, 5.41) is 3.13. The SMILES string of the molecule is CCNc1nccc(N2CCN(Cc3cncc(F)c3)CC2)n1. The molecule has 2 aromatic heterocycles. The third-order valence-electron chi connectivity index (χ3n) is 3.84. The van der Waals surface area contributed by atoms with E-state index in [2.05, 4.69) is 30.1 Å². The highest BCUT2D eigenvalue weighted by Gasteiger charge is 2.18. The summed E-state index contributed by atoms with van der Waals surface area (Å²) < 4.78 is 13.2. The summed E-state index contributed by atoms with van der Waals surface area (Å²) in [4.78, 5) is 17.2. The lowest BCUT2D eigenvalue weighted by molar-refractivity contribution is 0.248. The zero-order valence-electron chi connectivity index (χ0n) is 13.2. The van der Waals surface area contributed by atoms with Crippen molar-refractivity contribution in [3.63, 3.8) is 0 Å². The number of aromatic nitrogens is 3. The molecule has 0 amide bonds. The maximum Gasteiger partial charge on any atom is 0.224 e. The minimum atomic E-state index is -0.280. The number of nitrogens with one attached hydrogen (secondary N) is 1. The van der Waals surface area contributed by atoms with E-state index in [1.807, 2.05) is 13.0 Å². The third-order valence-corrected chi connectivity index (χ3v) is 3.84. The number of hydrogen-bond donors (Lipinski definition) is 1. The second kappa shape index (κ2) is 7.32. The molecule has 0 aromatic carbocycles. The molecule has 3 rings (SSSR count). The van der Waals surface area contributed by atoms with E-state index < -0.39 is 0 Å². The minimum absolute atomic E-state index is 0.280. The molecule has 0 radical (unpaired) electrons. The van der Waals surface area contributed by atoms with Crippen LogP contribution in [0, 0.1) is 5.82 Å². The molecule has 1 N–H and O–H groups in total.